The summed E-state index contributed by atoms with van der Waals surface area (Å²) in [5.41, 5.74) is 3.34. The molecule has 0 saturated heterocycles. The maximum atomic E-state index is 12.2. The second-order valence-corrected chi connectivity index (χ2v) is 6.95. The number of nitrogens with zero attached hydrogens (tertiary/aromatic N) is 1. The van der Waals surface area contributed by atoms with Crippen molar-refractivity contribution in [2.45, 2.75) is 0 Å². The quantitative estimate of drug-likeness (QED) is 0.326. The zero-order valence-corrected chi connectivity index (χ0v) is 17.9. The molecule has 3 rings (SSSR count). The lowest BCUT2D eigenvalue weighted by molar-refractivity contribution is -0.142. The predicted octanol–water partition coefficient (Wildman–Crippen LogP) is 1.61. The summed E-state index contributed by atoms with van der Waals surface area (Å²) in [6.45, 7) is -0.355. The van der Waals surface area contributed by atoms with Gasteiger partial charge in [0.05, 0.1) is 24.3 Å². The molecule has 0 aromatic heterocycles. The van der Waals surface area contributed by atoms with Gasteiger partial charge in [-0.2, -0.15) is 5.10 Å². The highest BCUT2D eigenvalue weighted by molar-refractivity contribution is 9.10. The molecule has 0 aliphatic carbocycles. The van der Waals surface area contributed by atoms with Crippen LogP contribution in [0.25, 0.3) is 0 Å². The third-order valence-corrected chi connectivity index (χ3v) is 4.60. The molecule has 0 radical (unpaired) electrons. The summed E-state index contributed by atoms with van der Waals surface area (Å²) in [6, 6.07) is 9.78. The molecule has 1 heterocycles. The lowest BCUT2D eigenvalue weighted by atomic mass is 10.2. The fourth-order valence-corrected chi connectivity index (χ4v) is 2.94. The highest BCUT2D eigenvalue weighted by Gasteiger charge is 2.16. The second-order valence-electron chi connectivity index (χ2n) is 6.10. The first kappa shape index (κ1) is 22.1. The van der Waals surface area contributed by atoms with Crippen LogP contribution in [0.3, 0.4) is 0 Å². The number of hydrogen-bond donors (Lipinski definition) is 2. The number of esters is 1. The Morgan fingerprint density at radius 3 is 2.74 bits per heavy atom. The molecule has 31 heavy (non-hydrogen) atoms. The summed E-state index contributed by atoms with van der Waals surface area (Å²) in [5.74, 6) is 0.0860. The molecule has 11 heteroatoms. The molecule has 1 aliphatic rings. The van der Waals surface area contributed by atoms with Crippen LogP contribution < -0.4 is 25.0 Å². The Bertz CT molecular complexity index is 1030. The van der Waals surface area contributed by atoms with Gasteiger partial charge in [0.2, 0.25) is 6.79 Å². The van der Waals surface area contributed by atoms with Crippen molar-refractivity contribution >= 4 is 39.9 Å². The molecule has 0 spiro atoms. The van der Waals surface area contributed by atoms with Crippen molar-refractivity contribution in [2.75, 3.05) is 27.1 Å². The highest BCUT2D eigenvalue weighted by Crippen LogP contribution is 2.32. The van der Waals surface area contributed by atoms with Crippen molar-refractivity contribution in [3.63, 3.8) is 0 Å². The van der Waals surface area contributed by atoms with E-state index in [4.69, 9.17) is 14.2 Å². The first-order valence-electron chi connectivity index (χ1n) is 8.95. The summed E-state index contributed by atoms with van der Waals surface area (Å²) >= 11 is 3.33. The second kappa shape index (κ2) is 10.4. The Hall–Kier alpha value is -3.60. The van der Waals surface area contributed by atoms with Gasteiger partial charge in [-0.1, -0.05) is 0 Å². The summed E-state index contributed by atoms with van der Waals surface area (Å²) < 4.78 is 20.8. The average molecular weight is 492 g/mol. The van der Waals surface area contributed by atoms with Gasteiger partial charge in [-0.25, -0.2) is 10.2 Å². The van der Waals surface area contributed by atoms with Crippen LogP contribution in [0.1, 0.15) is 15.9 Å². The predicted molar refractivity (Wildman–Crippen MR) is 112 cm³/mol. The Labute approximate surface area is 185 Å². The Kier molecular flexibility index (Phi) is 7.44. The molecule has 0 atom stereocenters. The molecule has 2 aromatic rings. The van der Waals surface area contributed by atoms with Gasteiger partial charge in [0.15, 0.2) is 18.1 Å². The molecular formula is C20H18BrN3O7. The zero-order chi connectivity index (χ0) is 22.2. The highest BCUT2D eigenvalue weighted by atomic mass is 79.9. The van der Waals surface area contributed by atoms with Crippen molar-refractivity contribution in [3.8, 4) is 17.2 Å². The van der Waals surface area contributed by atoms with Gasteiger partial charge >= 0.3 is 5.97 Å². The number of methoxy groups -OCH3 is 1. The number of nitrogens with one attached hydrogen (secondary N) is 2. The molecule has 2 amide bonds. The number of hydrazone groups is 1. The molecule has 0 fully saturated rings. The van der Waals surface area contributed by atoms with Crippen LogP contribution in [0.15, 0.2) is 46.0 Å². The molecule has 0 unspecified atom stereocenters. The zero-order valence-electron chi connectivity index (χ0n) is 16.3. The van der Waals surface area contributed by atoms with Gasteiger partial charge in [0.25, 0.3) is 11.8 Å². The van der Waals surface area contributed by atoms with E-state index in [0.29, 0.717) is 32.8 Å². The van der Waals surface area contributed by atoms with Crippen molar-refractivity contribution in [1.29, 1.82) is 0 Å². The van der Waals surface area contributed by atoms with E-state index in [2.05, 4.69) is 36.5 Å². The minimum absolute atomic E-state index is 0.112. The van der Waals surface area contributed by atoms with E-state index in [9.17, 15) is 14.4 Å². The largest absolute Gasteiger partial charge is 0.481 e. The van der Waals surface area contributed by atoms with Gasteiger partial charge in [-0.15, -0.1) is 0 Å². The topological polar surface area (TPSA) is 125 Å². The van der Waals surface area contributed by atoms with Gasteiger partial charge < -0.3 is 24.3 Å². The summed E-state index contributed by atoms with van der Waals surface area (Å²) in [6.07, 6.45) is 1.42. The Balaban J connectivity index is 1.45. The fraction of sp³-hybridized carbons (Fsp3) is 0.200. The van der Waals surface area contributed by atoms with Crippen molar-refractivity contribution < 1.29 is 33.3 Å². The number of benzene rings is 2. The van der Waals surface area contributed by atoms with Crippen molar-refractivity contribution in [3.05, 3.63) is 52.0 Å². The Morgan fingerprint density at radius 1 is 1.16 bits per heavy atom. The van der Waals surface area contributed by atoms with Gasteiger partial charge in [-0.05, 0) is 57.9 Å². The van der Waals surface area contributed by atoms with E-state index >= 15 is 0 Å². The summed E-state index contributed by atoms with van der Waals surface area (Å²) in [4.78, 5) is 35.2. The first-order valence-corrected chi connectivity index (χ1v) is 9.74. The standard InChI is InChI=1S/C20H18BrN3O7/c1-28-19(26)10-29-15-4-2-12(6-14(15)21)8-23-24-18(25)9-22-20(27)13-3-5-16-17(7-13)31-11-30-16/h2-8H,9-11H2,1H3,(H,22,27)(H,24,25)/b23-8-. The maximum Gasteiger partial charge on any atom is 0.343 e. The van der Waals surface area contributed by atoms with Crippen molar-refractivity contribution in [2.24, 2.45) is 5.10 Å². The fourth-order valence-electron chi connectivity index (χ4n) is 2.43. The van der Waals surface area contributed by atoms with Gasteiger partial charge in [0.1, 0.15) is 5.75 Å². The van der Waals surface area contributed by atoms with Crippen LogP contribution in [-0.4, -0.2) is 51.1 Å². The van der Waals surface area contributed by atoms with Crippen LogP contribution in [-0.2, 0) is 14.3 Å². The van der Waals surface area contributed by atoms with E-state index in [1.54, 1.807) is 36.4 Å². The van der Waals surface area contributed by atoms with Crippen LogP contribution in [0.4, 0.5) is 0 Å². The molecule has 10 nitrogen and oxygen atoms in total. The Morgan fingerprint density at radius 2 is 1.97 bits per heavy atom. The number of fused-ring (bicyclic) bond motifs is 1. The molecule has 0 saturated carbocycles. The normalized spacial score (nSPS) is 11.8. The van der Waals surface area contributed by atoms with E-state index in [-0.39, 0.29) is 19.9 Å². The number of hydrogen-bond acceptors (Lipinski definition) is 8. The van der Waals surface area contributed by atoms with Crippen LogP contribution in [0.5, 0.6) is 17.2 Å². The van der Waals surface area contributed by atoms with Crippen LogP contribution >= 0.6 is 15.9 Å². The monoisotopic (exact) mass is 491 g/mol. The SMILES string of the molecule is COC(=O)COc1ccc(/C=N\NC(=O)CNC(=O)c2ccc3c(c2)OCO3)cc1Br. The minimum atomic E-state index is -0.498. The lowest BCUT2D eigenvalue weighted by Gasteiger charge is -2.07. The molecule has 162 valence electrons. The van der Waals surface area contributed by atoms with E-state index in [1.165, 1.54) is 13.3 Å². The number of amides is 2. The number of rotatable bonds is 8. The van der Waals surface area contributed by atoms with E-state index in [0.717, 1.165) is 0 Å². The molecular weight excluding hydrogens is 474 g/mol. The smallest absolute Gasteiger partial charge is 0.343 e. The summed E-state index contributed by atoms with van der Waals surface area (Å²) in [7, 11) is 1.28. The lowest BCUT2D eigenvalue weighted by Crippen LogP contribution is -2.34. The number of carbonyl (C=O) groups excluding carboxylic acids is 3. The summed E-state index contributed by atoms with van der Waals surface area (Å²) in [5, 5.41) is 6.35. The molecule has 2 N–H and O–H groups in total. The van der Waals surface area contributed by atoms with Crippen molar-refractivity contribution in [1.82, 2.24) is 10.7 Å². The van der Waals surface area contributed by atoms with E-state index in [1.807, 2.05) is 0 Å². The number of ether oxygens (including phenoxy) is 4. The van der Waals surface area contributed by atoms with Gasteiger partial charge in [-0.3, -0.25) is 9.59 Å². The van der Waals surface area contributed by atoms with E-state index < -0.39 is 17.8 Å². The number of carbonyl (C=O) groups is 3. The minimum Gasteiger partial charge on any atom is -0.481 e. The average Bonchev–Trinajstić information content (AvgIpc) is 3.24. The third-order valence-electron chi connectivity index (χ3n) is 3.98. The van der Waals surface area contributed by atoms with Gasteiger partial charge in [0, 0.05) is 5.56 Å². The van der Waals surface area contributed by atoms with Crippen LogP contribution in [0.2, 0.25) is 0 Å². The number of halogens is 1. The molecule has 2 aromatic carbocycles. The molecule has 0 bridgehead atoms. The third kappa shape index (κ3) is 6.19. The first-order chi connectivity index (χ1) is 15.0. The maximum absolute atomic E-state index is 12.2. The van der Waals surface area contributed by atoms with Crippen LogP contribution in [0, 0.1) is 0 Å². The molecule has 1 aliphatic heterocycles.